The summed E-state index contributed by atoms with van der Waals surface area (Å²) in [5.41, 5.74) is 6.90. The maximum absolute atomic E-state index is 13.2. The molecule has 1 aromatic heterocycles. The predicted molar refractivity (Wildman–Crippen MR) is 74.4 cm³/mol. The molecule has 1 atom stereocenters. The second kappa shape index (κ2) is 5.68. The molecule has 0 bridgehead atoms. The Labute approximate surface area is 117 Å². The summed E-state index contributed by atoms with van der Waals surface area (Å²) in [4.78, 5) is 3.94. The van der Waals surface area contributed by atoms with Gasteiger partial charge in [-0.3, -0.25) is 4.98 Å². The lowest BCUT2D eigenvalue weighted by Gasteiger charge is -2.12. The standard InChI is InChI=1S/C14H15FN2O2S/c1-10-8-12(2-3-13(10)15)20(18,19)9-14(16)11-4-6-17-7-5-11/h2-8,14H,9,16H2,1H3. The molecular formula is C14H15FN2O2S. The summed E-state index contributed by atoms with van der Waals surface area (Å²) in [7, 11) is -3.56. The highest BCUT2D eigenvalue weighted by atomic mass is 32.2. The topological polar surface area (TPSA) is 73.0 Å². The van der Waals surface area contributed by atoms with Crippen molar-refractivity contribution in [3.63, 3.8) is 0 Å². The lowest BCUT2D eigenvalue weighted by Crippen LogP contribution is -2.22. The van der Waals surface area contributed by atoms with E-state index in [1.807, 2.05) is 0 Å². The van der Waals surface area contributed by atoms with E-state index in [2.05, 4.69) is 4.98 Å². The Morgan fingerprint density at radius 1 is 1.25 bits per heavy atom. The van der Waals surface area contributed by atoms with Crippen molar-refractivity contribution in [1.29, 1.82) is 0 Å². The van der Waals surface area contributed by atoms with Crippen LogP contribution in [-0.4, -0.2) is 19.2 Å². The Morgan fingerprint density at radius 2 is 1.90 bits per heavy atom. The molecule has 20 heavy (non-hydrogen) atoms. The average Bonchev–Trinajstić information content (AvgIpc) is 2.42. The van der Waals surface area contributed by atoms with E-state index < -0.39 is 21.7 Å². The van der Waals surface area contributed by atoms with E-state index in [1.165, 1.54) is 19.1 Å². The third-order valence-corrected chi connectivity index (χ3v) is 4.79. The van der Waals surface area contributed by atoms with Crippen LogP contribution in [0.1, 0.15) is 17.2 Å². The van der Waals surface area contributed by atoms with Crippen LogP contribution in [0.15, 0.2) is 47.6 Å². The number of rotatable bonds is 4. The Kier molecular flexibility index (Phi) is 4.15. The molecule has 0 amide bonds. The number of sulfone groups is 1. The van der Waals surface area contributed by atoms with Gasteiger partial charge >= 0.3 is 0 Å². The van der Waals surface area contributed by atoms with Crippen molar-refractivity contribution in [2.45, 2.75) is 17.9 Å². The van der Waals surface area contributed by atoms with E-state index in [0.29, 0.717) is 11.1 Å². The van der Waals surface area contributed by atoms with E-state index in [1.54, 1.807) is 24.5 Å². The normalized spacial score (nSPS) is 13.2. The highest BCUT2D eigenvalue weighted by molar-refractivity contribution is 7.91. The minimum Gasteiger partial charge on any atom is -0.323 e. The van der Waals surface area contributed by atoms with E-state index in [0.717, 1.165) is 6.07 Å². The van der Waals surface area contributed by atoms with Crippen LogP contribution in [-0.2, 0) is 9.84 Å². The summed E-state index contributed by atoms with van der Waals surface area (Å²) < 4.78 is 37.7. The minimum absolute atomic E-state index is 0.0842. The Morgan fingerprint density at radius 3 is 2.50 bits per heavy atom. The smallest absolute Gasteiger partial charge is 0.180 e. The molecule has 2 rings (SSSR count). The number of aromatic nitrogens is 1. The van der Waals surface area contributed by atoms with E-state index in [9.17, 15) is 12.8 Å². The zero-order chi connectivity index (χ0) is 14.8. The molecule has 0 saturated heterocycles. The van der Waals surface area contributed by atoms with Crippen molar-refractivity contribution in [3.8, 4) is 0 Å². The fourth-order valence-electron chi connectivity index (χ4n) is 1.85. The van der Waals surface area contributed by atoms with Crippen LogP contribution in [0.3, 0.4) is 0 Å². The summed E-state index contributed by atoms with van der Waals surface area (Å²) in [5.74, 6) is -0.662. The van der Waals surface area contributed by atoms with Gasteiger partial charge in [-0.25, -0.2) is 12.8 Å². The summed E-state index contributed by atoms with van der Waals surface area (Å²) >= 11 is 0. The van der Waals surface area contributed by atoms with Crippen LogP contribution < -0.4 is 5.73 Å². The number of hydrogen-bond donors (Lipinski definition) is 1. The molecule has 0 aliphatic rings. The molecule has 1 aromatic carbocycles. The quantitative estimate of drug-likeness (QED) is 0.875. The Balaban J connectivity index is 2.25. The SMILES string of the molecule is Cc1cc(S(=O)(=O)CC(N)c2ccncc2)ccc1F. The van der Waals surface area contributed by atoms with Gasteiger partial charge in [0.1, 0.15) is 5.82 Å². The molecule has 1 heterocycles. The fraction of sp³-hybridized carbons (Fsp3) is 0.214. The van der Waals surface area contributed by atoms with Gasteiger partial charge in [0.25, 0.3) is 0 Å². The van der Waals surface area contributed by atoms with Gasteiger partial charge in [0, 0.05) is 18.4 Å². The molecule has 0 radical (unpaired) electrons. The molecule has 1 unspecified atom stereocenters. The molecule has 0 fully saturated rings. The van der Waals surface area contributed by atoms with Gasteiger partial charge in [0.2, 0.25) is 0 Å². The summed E-state index contributed by atoms with van der Waals surface area (Å²) in [6.45, 7) is 1.52. The van der Waals surface area contributed by atoms with Crippen molar-refractivity contribution < 1.29 is 12.8 Å². The maximum Gasteiger partial charge on any atom is 0.180 e. The van der Waals surface area contributed by atoms with Crippen LogP contribution >= 0.6 is 0 Å². The highest BCUT2D eigenvalue weighted by Gasteiger charge is 2.20. The van der Waals surface area contributed by atoms with Gasteiger partial charge in [-0.2, -0.15) is 0 Å². The molecule has 2 N–H and O–H groups in total. The molecule has 6 heteroatoms. The molecule has 106 valence electrons. The molecule has 2 aromatic rings. The van der Waals surface area contributed by atoms with Crippen molar-refractivity contribution in [3.05, 3.63) is 59.7 Å². The maximum atomic E-state index is 13.2. The summed E-state index contributed by atoms with van der Waals surface area (Å²) in [6, 6.07) is 6.45. The van der Waals surface area contributed by atoms with Gasteiger partial charge in [0.05, 0.1) is 10.6 Å². The largest absolute Gasteiger partial charge is 0.323 e. The van der Waals surface area contributed by atoms with Crippen molar-refractivity contribution >= 4 is 9.84 Å². The molecule has 0 aliphatic heterocycles. The Bertz CT molecular complexity index is 702. The number of benzene rings is 1. The van der Waals surface area contributed by atoms with Gasteiger partial charge < -0.3 is 5.73 Å². The zero-order valence-electron chi connectivity index (χ0n) is 11.0. The van der Waals surface area contributed by atoms with Crippen molar-refractivity contribution in [1.82, 2.24) is 4.98 Å². The van der Waals surface area contributed by atoms with E-state index in [-0.39, 0.29) is 10.6 Å². The first-order valence-corrected chi connectivity index (χ1v) is 7.70. The summed E-state index contributed by atoms with van der Waals surface area (Å²) in [6.07, 6.45) is 3.12. The zero-order valence-corrected chi connectivity index (χ0v) is 11.8. The predicted octanol–water partition coefficient (Wildman–Crippen LogP) is 2.00. The first-order chi connectivity index (χ1) is 9.40. The number of pyridine rings is 1. The van der Waals surface area contributed by atoms with Crippen LogP contribution in [0.5, 0.6) is 0 Å². The van der Waals surface area contributed by atoms with Crippen LogP contribution in [0.25, 0.3) is 0 Å². The lowest BCUT2D eigenvalue weighted by molar-refractivity contribution is 0.587. The van der Waals surface area contributed by atoms with Crippen LogP contribution in [0, 0.1) is 12.7 Å². The minimum atomic E-state index is -3.56. The Hall–Kier alpha value is -1.79. The van der Waals surface area contributed by atoms with Crippen molar-refractivity contribution in [2.75, 3.05) is 5.75 Å². The van der Waals surface area contributed by atoms with Gasteiger partial charge in [-0.15, -0.1) is 0 Å². The highest BCUT2D eigenvalue weighted by Crippen LogP contribution is 2.20. The van der Waals surface area contributed by atoms with E-state index >= 15 is 0 Å². The average molecular weight is 294 g/mol. The van der Waals surface area contributed by atoms with Gasteiger partial charge in [-0.1, -0.05) is 0 Å². The number of halogens is 1. The van der Waals surface area contributed by atoms with E-state index in [4.69, 9.17) is 5.73 Å². The molecular weight excluding hydrogens is 279 g/mol. The second-order valence-corrected chi connectivity index (χ2v) is 6.61. The first-order valence-electron chi connectivity index (χ1n) is 6.04. The van der Waals surface area contributed by atoms with Crippen LogP contribution in [0.4, 0.5) is 4.39 Å². The first kappa shape index (κ1) is 14.6. The molecule has 0 spiro atoms. The molecule has 0 saturated carbocycles. The monoisotopic (exact) mass is 294 g/mol. The van der Waals surface area contributed by atoms with Gasteiger partial charge in [0.15, 0.2) is 9.84 Å². The number of hydrogen-bond acceptors (Lipinski definition) is 4. The summed E-state index contributed by atoms with van der Waals surface area (Å²) in [5, 5.41) is 0. The molecule has 0 aliphatic carbocycles. The lowest BCUT2D eigenvalue weighted by atomic mass is 10.1. The second-order valence-electron chi connectivity index (χ2n) is 4.58. The number of aryl methyl sites for hydroxylation is 1. The third-order valence-electron chi connectivity index (χ3n) is 3.02. The van der Waals surface area contributed by atoms with Crippen molar-refractivity contribution in [2.24, 2.45) is 5.73 Å². The third kappa shape index (κ3) is 3.20. The van der Waals surface area contributed by atoms with Crippen LogP contribution in [0.2, 0.25) is 0 Å². The number of nitrogens with two attached hydrogens (primary N) is 1. The molecule has 4 nitrogen and oxygen atoms in total. The number of nitrogens with zero attached hydrogens (tertiary/aromatic N) is 1. The van der Waals surface area contributed by atoms with Gasteiger partial charge in [-0.05, 0) is 48.4 Å². The fourth-order valence-corrected chi connectivity index (χ4v) is 3.34.